The highest BCUT2D eigenvalue weighted by Crippen LogP contribution is 2.47. The second-order valence-electron chi connectivity index (χ2n) is 12.3. The van der Waals surface area contributed by atoms with Crippen LogP contribution in [0.5, 0.6) is 0 Å². The Bertz CT molecular complexity index is 2150. The molecule has 0 amide bonds. The van der Waals surface area contributed by atoms with E-state index in [2.05, 4.69) is 170 Å². The summed E-state index contributed by atoms with van der Waals surface area (Å²) in [6.07, 6.45) is 1.70. The maximum absolute atomic E-state index is 7.02. The first kappa shape index (κ1) is 28.0. The van der Waals surface area contributed by atoms with Crippen molar-refractivity contribution in [3.63, 3.8) is 0 Å². The molecule has 1 nitrogen and oxygen atoms in total. The Morgan fingerprint density at radius 2 is 0.935 bits per heavy atom. The fraction of sp³-hybridized carbons (Fsp3) is 0.0667. The molecule has 1 aliphatic carbocycles. The second-order valence-corrected chi connectivity index (χ2v) is 12.3. The van der Waals surface area contributed by atoms with Gasteiger partial charge >= 0.3 is 0 Å². The molecule has 0 aliphatic heterocycles. The topological polar surface area (TPSA) is 26.0 Å². The molecule has 0 fully saturated rings. The van der Waals surface area contributed by atoms with E-state index in [0.717, 1.165) is 12.8 Å². The van der Waals surface area contributed by atoms with Crippen LogP contribution in [-0.4, -0.2) is 0 Å². The summed E-state index contributed by atoms with van der Waals surface area (Å²) < 4.78 is 0. The van der Waals surface area contributed by atoms with Crippen LogP contribution in [0.3, 0.4) is 0 Å². The second kappa shape index (κ2) is 12.1. The molecule has 1 aliphatic rings. The molecule has 2 N–H and O–H groups in total. The zero-order valence-electron chi connectivity index (χ0n) is 25.7. The van der Waals surface area contributed by atoms with Crippen molar-refractivity contribution < 1.29 is 0 Å². The van der Waals surface area contributed by atoms with Gasteiger partial charge in [0.2, 0.25) is 0 Å². The normalized spacial score (nSPS) is 12.4. The predicted molar refractivity (Wildman–Crippen MR) is 194 cm³/mol. The molecule has 0 radical (unpaired) electrons. The summed E-state index contributed by atoms with van der Waals surface area (Å²) in [6.45, 7) is 0. The van der Waals surface area contributed by atoms with Crippen molar-refractivity contribution in [1.82, 2.24) is 0 Å². The van der Waals surface area contributed by atoms with Crippen LogP contribution in [0.1, 0.15) is 28.3 Å². The van der Waals surface area contributed by atoms with Gasteiger partial charge in [0.05, 0.1) is 0 Å². The monoisotopic (exact) mass is 589 g/mol. The maximum Gasteiger partial charge on any atom is 0.0342 e. The number of nitrogens with two attached hydrogens (primary N) is 1. The average Bonchev–Trinajstić information content (AvgIpc) is 3.51. The van der Waals surface area contributed by atoms with Gasteiger partial charge in [0.25, 0.3) is 0 Å². The van der Waals surface area contributed by atoms with Gasteiger partial charge in [0.1, 0.15) is 0 Å². The predicted octanol–water partition coefficient (Wildman–Crippen LogP) is 11.2. The van der Waals surface area contributed by atoms with Gasteiger partial charge < -0.3 is 5.73 Å². The smallest absolute Gasteiger partial charge is 0.0342 e. The molecule has 0 saturated carbocycles. The zero-order valence-corrected chi connectivity index (χ0v) is 25.7. The highest BCUT2D eigenvalue weighted by atomic mass is 14.6. The van der Waals surface area contributed by atoms with E-state index in [1.54, 1.807) is 0 Å². The van der Waals surface area contributed by atoms with Crippen molar-refractivity contribution in [2.75, 3.05) is 0 Å². The van der Waals surface area contributed by atoms with Crippen LogP contribution in [-0.2, 0) is 12.8 Å². The number of hydrogen-bond donors (Lipinski definition) is 1. The minimum absolute atomic E-state index is 0.0989. The molecule has 8 rings (SSSR count). The molecule has 0 heterocycles. The van der Waals surface area contributed by atoms with E-state index in [9.17, 15) is 0 Å². The van der Waals surface area contributed by atoms with Gasteiger partial charge in [-0.3, -0.25) is 0 Å². The van der Waals surface area contributed by atoms with Gasteiger partial charge in [0.15, 0.2) is 0 Å². The molecule has 7 aromatic rings. The Kier molecular flexibility index (Phi) is 7.38. The van der Waals surface area contributed by atoms with Crippen LogP contribution in [0, 0.1) is 0 Å². The van der Waals surface area contributed by atoms with Crippen LogP contribution in [0.2, 0.25) is 0 Å². The number of fused-ring (bicyclic) bond motifs is 3. The lowest BCUT2D eigenvalue weighted by atomic mass is 9.87. The Labute approximate surface area is 271 Å². The molecule has 0 bridgehead atoms. The highest BCUT2D eigenvalue weighted by molar-refractivity contribution is 5.92. The van der Waals surface area contributed by atoms with Gasteiger partial charge in [0, 0.05) is 6.04 Å². The maximum atomic E-state index is 7.02. The van der Waals surface area contributed by atoms with Crippen LogP contribution < -0.4 is 5.73 Å². The molecular weight excluding hydrogens is 555 g/mol. The minimum Gasteiger partial charge on any atom is -0.324 e. The molecule has 1 heteroatoms. The van der Waals surface area contributed by atoms with E-state index < -0.39 is 0 Å². The van der Waals surface area contributed by atoms with Crippen LogP contribution in [0.15, 0.2) is 170 Å². The molecule has 1 atom stereocenters. The van der Waals surface area contributed by atoms with E-state index in [4.69, 9.17) is 5.73 Å². The van der Waals surface area contributed by atoms with Gasteiger partial charge in [-0.2, -0.15) is 0 Å². The Balaban J connectivity index is 1.31. The van der Waals surface area contributed by atoms with Gasteiger partial charge in [-0.25, -0.2) is 0 Å². The standard InChI is InChI=1S/C45H35N/c46-44(25-31-13-4-1-5-14-31)40-24-12-23-38-28-42-41(37-22-11-20-35(27-37)33-17-8-3-9-18-33)29-39(30-43(42)45(38)40)36-21-10-19-34(26-36)32-15-6-2-7-16-32/h1-24,26-27,29-30,44H,25,28,46H2. The summed E-state index contributed by atoms with van der Waals surface area (Å²) in [5.41, 5.74) is 24.7. The van der Waals surface area contributed by atoms with Crippen LogP contribution in [0.25, 0.3) is 55.6 Å². The molecular formula is C45H35N. The summed E-state index contributed by atoms with van der Waals surface area (Å²) in [5.74, 6) is 0. The Morgan fingerprint density at radius 3 is 1.59 bits per heavy atom. The first-order valence-electron chi connectivity index (χ1n) is 16.1. The van der Waals surface area contributed by atoms with Crippen LogP contribution >= 0.6 is 0 Å². The average molecular weight is 590 g/mol. The quantitative estimate of drug-likeness (QED) is 0.197. The third kappa shape index (κ3) is 5.36. The van der Waals surface area contributed by atoms with E-state index >= 15 is 0 Å². The summed E-state index contributed by atoms with van der Waals surface area (Å²) in [5, 5.41) is 0. The fourth-order valence-corrected chi connectivity index (χ4v) is 7.09. The molecule has 0 saturated heterocycles. The lowest BCUT2D eigenvalue weighted by molar-refractivity contribution is 0.723. The van der Waals surface area contributed by atoms with E-state index in [1.165, 1.54) is 77.9 Å². The van der Waals surface area contributed by atoms with Gasteiger partial charge in [-0.05, 0) is 115 Å². The molecule has 46 heavy (non-hydrogen) atoms. The lowest BCUT2D eigenvalue weighted by Crippen LogP contribution is -2.14. The van der Waals surface area contributed by atoms with E-state index in [-0.39, 0.29) is 6.04 Å². The minimum atomic E-state index is -0.0989. The van der Waals surface area contributed by atoms with E-state index in [0.29, 0.717) is 0 Å². The summed E-state index contributed by atoms with van der Waals surface area (Å²) in [6, 6.07) is 61.3. The molecule has 220 valence electrons. The largest absolute Gasteiger partial charge is 0.324 e. The number of benzene rings is 7. The first-order chi connectivity index (χ1) is 22.7. The van der Waals surface area contributed by atoms with E-state index in [1.807, 2.05) is 0 Å². The number of hydrogen-bond acceptors (Lipinski definition) is 1. The Morgan fingerprint density at radius 1 is 0.435 bits per heavy atom. The van der Waals surface area contributed by atoms with Crippen molar-refractivity contribution >= 4 is 0 Å². The van der Waals surface area contributed by atoms with Crippen molar-refractivity contribution in [2.24, 2.45) is 5.73 Å². The summed E-state index contributed by atoms with van der Waals surface area (Å²) in [7, 11) is 0. The molecule has 0 spiro atoms. The zero-order chi connectivity index (χ0) is 30.9. The van der Waals surface area contributed by atoms with Crippen molar-refractivity contribution in [2.45, 2.75) is 18.9 Å². The van der Waals surface area contributed by atoms with Crippen molar-refractivity contribution in [3.8, 4) is 55.6 Å². The lowest BCUT2D eigenvalue weighted by Gasteiger charge is -2.19. The van der Waals surface area contributed by atoms with Crippen LogP contribution in [0.4, 0.5) is 0 Å². The summed E-state index contributed by atoms with van der Waals surface area (Å²) >= 11 is 0. The first-order valence-corrected chi connectivity index (χ1v) is 16.1. The van der Waals surface area contributed by atoms with Gasteiger partial charge in [-0.15, -0.1) is 0 Å². The van der Waals surface area contributed by atoms with Gasteiger partial charge in [-0.1, -0.05) is 146 Å². The Hall–Kier alpha value is -5.50. The molecule has 7 aromatic carbocycles. The van der Waals surface area contributed by atoms with Crippen molar-refractivity contribution in [3.05, 3.63) is 192 Å². The highest BCUT2D eigenvalue weighted by Gasteiger charge is 2.27. The fourth-order valence-electron chi connectivity index (χ4n) is 7.09. The molecule has 1 unspecified atom stereocenters. The third-order valence-electron chi connectivity index (χ3n) is 9.35. The molecule has 0 aromatic heterocycles. The summed E-state index contributed by atoms with van der Waals surface area (Å²) in [4.78, 5) is 0. The number of rotatable bonds is 7. The SMILES string of the molecule is NC(Cc1ccccc1)c1cccc2c1-c1cc(-c3cccc(-c4ccccc4)c3)cc(-c3cccc(-c4ccccc4)c3)c1C2. The third-order valence-corrected chi connectivity index (χ3v) is 9.35. The van der Waals surface area contributed by atoms with Crippen molar-refractivity contribution in [1.29, 1.82) is 0 Å².